The van der Waals surface area contributed by atoms with E-state index in [9.17, 15) is 9.59 Å². The van der Waals surface area contributed by atoms with Gasteiger partial charge < -0.3 is 14.8 Å². The van der Waals surface area contributed by atoms with E-state index >= 15 is 0 Å². The lowest BCUT2D eigenvalue weighted by Crippen LogP contribution is -2.40. The Kier molecular flexibility index (Phi) is 5.36. The summed E-state index contributed by atoms with van der Waals surface area (Å²) >= 11 is 0. The van der Waals surface area contributed by atoms with E-state index in [2.05, 4.69) is 5.32 Å². The van der Waals surface area contributed by atoms with Gasteiger partial charge in [0, 0.05) is 6.08 Å². The number of aryl methyl sites for hydroxylation is 1. The number of furan rings is 1. The van der Waals surface area contributed by atoms with Crippen LogP contribution in [0, 0.1) is 12.8 Å². The number of carbonyl (C=O) groups is 2. The van der Waals surface area contributed by atoms with Crippen molar-refractivity contribution in [2.45, 2.75) is 33.2 Å². The number of aliphatic carboxylic acids is 1. The summed E-state index contributed by atoms with van der Waals surface area (Å²) in [6.45, 7) is 5.62. The van der Waals surface area contributed by atoms with Crippen molar-refractivity contribution in [1.29, 1.82) is 0 Å². The fourth-order valence-electron chi connectivity index (χ4n) is 1.61. The van der Waals surface area contributed by atoms with E-state index in [1.54, 1.807) is 19.1 Å². The molecule has 0 aliphatic carbocycles. The number of rotatable bonds is 6. The molecule has 0 radical (unpaired) electrons. The van der Waals surface area contributed by atoms with Crippen LogP contribution in [0.1, 0.15) is 31.8 Å². The number of hydrogen-bond donors (Lipinski definition) is 2. The van der Waals surface area contributed by atoms with Gasteiger partial charge >= 0.3 is 5.97 Å². The van der Waals surface area contributed by atoms with Gasteiger partial charge in [0.2, 0.25) is 5.91 Å². The SMILES string of the molecule is Cc1ccc(C=CC(=O)N[C@H](CC(C)C)C(=O)O)o1. The smallest absolute Gasteiger partial charge is 0.326 e. The van der Waals surface area contributed by atoms with Crippen LogP contribution in [-0.2, 0) is 9.59 Å². The molecule has 0 unspecified atom stereocenters. The van der Waals surface area contributed by atoms with Crippen LogP contribution in [0.2, 0.25) is 0 Å². The number of carbonyl (C=O) groups excluding carboxylic acids is 1. The zero-order chi connectivity index (χ0) is 14.4. The van der Waals surface area contributed by atoms with Gasteiger partial charge in [0.05, 0.1) is 0 Å². The van der Waals surface area contributed by atoms with E-state index in [0.717, 1.165) is 5.76 Å². The second kappa shape index (κ2) is 6.78. The van der Waals surface area contributed by atoms with Crippen LogP contribution in [0.4, 0.5) is 0 Å². The average molecular weight is 265 g/mol. The number of carboxylic acid groups (broad SMARTS) is 1. The van der Waals surface area contributed by atoms with Crippen molar-refractivity contribution < 1.29 is 19.1 Å². The first-order valence-corrected chi connectivity index (χ1v) is 6.16. The van der Waals surface area contributed by atoms with Gasteiger partial charge in [0.1, 0.15) is 17.6 Å². The largest absolute Gasteiger partial charge is 0.480 e. The molecule has 1 heterocycles. The van der Waals surface area contributed by atoms with Crippen molar-refractivity contribution in [3.05, 3.63) is 29.7 Å². The van der Waals surface area contributed by atoms with E-state index in [4.69, 9.17) is 9.52 Å². The molecule has 0 aliphatic rings. The maximum atomic E-state index is 11.6. The Morgan fingerprint density at radius 2 is 2.11 bits per heavy atom. The molecular formula is C14H19NO4. The van der Waals surface area contributed by atoms with Crippen molar-refractivity contribution in [1.82, 2.24) is 5.32 Å². The van der Waals surface area contributed by atoms with Gasteiger partial charge in [-0.05, 0) is 37.5 Å². The summed E-state index contributed by atoms with van der Waals surface area (Å²) in [5, 5.41) is 11.5. The summed E-state index contributed by atoms with van der Waals surface area (Å²) in [5.74, 6) is 0.0381. The van der Waals surface area contributed by atoms with Gasteiger partial charge in [-0.15, -0.1) is 0 Å². The third kappa shape index (κ3) is 5.42. The number of amides is 1. The molecule has 1 aromatic rings. The number of hydrogen-bond acceptors (Lipinski definition) is 3. The summed E-state index contributed by atoms with van der Waals surface area (Å²) in [7, 11) is 0. The second-order valence-electron chi connectivity index (χ2n) is 4.81. The molecule has 0 saturated carbocycles. The van der Waals surface area contributed by atoms with Crippen molar-refractivity contribution in [3.63, 3.8) is 0 Å². The summed E-state index contributed by atoms with van der Waals surface area (Å²) in [5.41, 5.74) is 0. The first-order valence-electron chi connectivity index (χ1n) is 6.16. The van der Waals surface area contributed by atoms with Crippen LogP contribution in [0.25, 0.3) is 6.08 Å². The molecule has 2 N–H and O–H groups in total. The normalized spacial score (nSPS) is 12.8. The van der Waals surface area contributed by atoms with Crippen LogP contribution in [0.5, 0.6) is 0 Å². The third-order valence-corrected chi connectivity index (χ3v) is 2.48. The van der Waals surface area contributed by atoms with Gasteiger partial charge in [-0.1, -0.05) is 13.8 Å². The van der Waals surface area contributed by atoms with Crippen LogP contribution < -0.4 is 5.32 Å². The highest BCUT2D eigenvalue weighted by atomic mass is 16.4. The lowest BCUT2D eigenvalue weighted by Gasteiger charge is -2.15. The van der Waals surface area contributed by atoms with Crippen LogP contribution in [0.3, 0.4) is 0 Å². The standard InChI is InChI=1S/C14H19NO4/c1-9(2)8-12(14(17)18)15-13(16)7-6-11-5-4-10(3)19-11/h4-7,9,12H,8H2,1-3H3,(H,15,16)(H,17,18)/t12-/m1/s1. The second-order valence-corrected chi connectivity index (χ2v) is 4.81. The minimum absolute atomic E-state index is 0.193. The molecule has 1 aromatic heterocycles. The van der Waals surface area contributed by atoms with Gasteiger partial charge in [-0.3, -0.25) is 4.79 Å². The highest BCUT2D eigenvalue weighted by Gasteiger charge is 2.19. The maximum Gasteiger partial charge on any atom is 0.326 e. The molecular weight excluding hydrogens is 246 g/mol. The molecule has 0 spiro atoms. The minimum Gasteiger partial charge on any atom is -0.480 e. The van der Waals surface area contributed by atoms with E-state index in [1.165, 1.54) is 12.2 Å². The van der Waals surface area contributed by atoms with Crippen molar-refractivity contribution in [2.75, 3.05) is 0 Å². The highest BCUT2D eigenvalue weighted by molar-refractivity contribution is 5.94. The summed E-state index contributed by atoms with van der Waals surface area (Å²) in [4.78, 5) is 22.6. The van der Waals surface area contributed by atoms with E-state index in [0.29, 0.717) is 12.2 Å². The van der Waals surface area contributed by atoms with E-state index in [-0.39, 0.29) is 5.92 Å². The zero-order valence-corrected chi connectivity index (χ0v) is 11.3. The molecule has 0 bridgehead atoms. The Bertz CT molecular complexity index is 474. The molecule has 1 atom stereocenters. The Morgan fingerprint density at radius 1 is 1.42 bits per heavy atom. The zero-order valence-electron chi connectivity index (χ0n) is 11.3. The first kappa shape index (κ1) is 15.0. The van der Waals surface area contributed by atoms with Crippen molar-refractivity contribution >= 4 is 18.0 Å². The van der Waals surface area contributed by atoms with E-state index < -0.39 is 17.9 Å². The maximum absolute atomic E-state index is 11.6. The van der Waals surface area contributed by atoms with Crippen LogP contribution >= 0.6 is 0 Å². The van der Waals surface area contributed by atoms with Gasteiger partial charge in [-0.2, -0.15) is 0 Å². The molecule has 0 aromatic carbocycles. The van der Waals surface area contributed by atoms with Crippen molar-refractivity contribution in [3.8, 4) is 0 Å². The Balaban J connectivity index is 2.57. The van der Waals surface area contributed by atoms with Gasteiger partial charge in [0.25, 0.3) is 0 Å². The molecule has 5 nitrogen and oxygen atoms in total. The summed E-state index contributed by atoms with van der Waals surface area (Å²) in [6.07, 6.45) is 3.18. The molecule has 104 valence electrons. The molecule has 0 aliphatic heterocycles. The molecule has 19 heavy (non-hydrogen) atoms. The Labute approximate surface area is 112 Å². The Hall–Kier alpha value is -2.04. The fourth-order valence-corrected chi connectivity index (χ4v) is 1.61. The van der Waals surface area contributed by atoms with E-state index in [1.807, 2.05) is 13.8 Å². The van der Waals surface area contributed by atoms with Crippen molar-refractivity contribution in [2.24, 2.45) is 5.92 Å². The summed E-state index contributed by atoms with van der Waals surface area (Å²) in [6, 6.07) is 2.66. The van der Waals surface area contributed by atoms with Crippen LogP contribution in [-0.4, -0.2) is 23.0 Å². The predicted octanol–water partition coefficient (Wildman–Crippen LogP) is 2.22. The lowest BCUT2D eigenvalue weighted by molar-refractivity contribution is -0.141. The van der Waals surface area contributed by atoms with Gasteiger partial charge in [-0.25, -0.2) is 4.79 Å². The minimum atomic E-state index is -1.02. The molecule has 5 heteroatoms. The monoisotopic (exact) mass is 265 g/mol. The van der Waals surface area contributed by atoms with Gasteiger partial charge in [0.15, 0.2) is 0 Å². The molecule has 0 fully saturated rings. The quantitative estimate of drug-likeness (QED) is 0.773. The fraction of sp³-hybridized carbons (Fsp3) is 0.429. The molecule has 1 rings (SSSR count). The molecule has 1 amide bonds. The summed E-state index contributed by atoms with van der Waals surface area (Å²) < 4.78 is 5.27. The third-order valence-electron chi connectivity index (χ3n) is 2.48. The Morgan fingerprint density at radius 3 is 2.58 bits per heavy atom. The topological polar surface area (TPSA) is 79.5 Å². The average Bonchev–Trinajstić information content (AvgIpc) is 2.71. The lowest BCUT2D eigenvalue weighted by atomic mass is 10.0. The van der Waals surface area contributed by atoms with Crippen LogP contribution in [0.15, 0.2) is 22.6 Å². The number of nitrogens with one attached hydrogen (secondary N) is 1. The predicted molar refractivity (Wildman–Crippen MR) is 71.5 cm³/mol. The highest BCUT2D eigenvalue weighted by Crippen LogP contribution is 2.08. The number of carboxylic acids is 1. The molecule has 0 saturated heterocycles. The first-order chi connectivity index (χ1) is 8.88.